The molecule has 0 spiro atoms. The summed E-state index contributed by atoms with van der Waals surface area (Å²) in [5.41, 5.74) is 1.01. The molecule has 1 aliphatic rings. The zero-order chi connectivity index (χ0) is 25.1. The van der Waals surface area contributed by atoms with Crippen LogP contribution in [0.4, 0.5) is 22.0 Å². The molecule has 0 heterocycles. The van der Waals surface area contributed by atoms with Gasteiger partial charge in [0.1, 0.15) is 5.82 Å². The molecule has 0 saturated heterocycles. The molecule has 186 valence electrons. The lowest BCUT2D eigenvalue weighted by molar-refractivity contribution is 0.0130. The minimum Gasteiger partial charge on any atom is -0.491 e. The van der Waals surface area contributed by atoms with Crippen LogP contribution in [0.3, 0.4) is 0 Å². The summed E-state index contributed by atoms with van der Waals surface area (Å²) >= 11 is 0. The summed E-state index contributed by atoms with van der Waals surface area (Å²) in [6.07, 6.45) is 2.61. The van der Waals surface area contributed by atoms with Gasteiger partial charge in [-0.25, -0.2) is 17.6 Å². The van der Waals surface area contributed by atoms with E-state index in [4.69, 9.17) is 9.47 Å². The highest BCUT2D eigenvalue weighted by atomic mass is 19.2. The van der Waals surface area contributed by atoms with Crippen molar-refractivity contribution in [1.29, 1.82) is 0 Å². The molecule has 1 fully saturated rings. The normalized spacial score (nSPS) is 18.0. The molecule has 0 bridgehead atoms. The zero-order valence-electron chi connectivity index (χ0n) is 19.6. The van der Waals surface area contributed by atoms with Crippen LogP contribution in [0.15, 0.2) is 42.5 Å². The number of benzene rings is 3. The third kappa shape index (κ3) is 5.35. The highest BCUT2D eigenvalue weighted by molar-refractivity contribution is 5.66. The maximum Gasteiger partial charge on any atom is 0.201 e. The van der Waals surface area contributed by atoms with Gasteiger partial charge < -0.3 is 9.47 Å². The van der Waals surface area contributed by atoms with Crippen molar-refractivity contribution in [2.45, 2.75) is 58.2 Å². The van der Waals surface area contributed by atoms with Crippen LogP contribution in [0, 0.1) is 36.0 Å². The first-order valence-electron chi connectivity index (χ1n) is 11.8. The summed E-state index contributed by atoms with van der Waals surface area (Å²) in [5.74, 6) is -4.85. The Kier molecular flexibility index (Phi) is 7.75. The van der Waals surface area contributed by atoms with Gasteiger partial charge in [0, 0.05) is 11.1 Å². The molecule has 0 radical (unpaired) electrons. The van der Waals surface area contributed by atoms with Gasteiger partial charge in [0.05, 0.1) is 19.3 Å². The number of rotatable bonds is 7. The highest BCUT2D eigenvalue weighted by Gasteiger charge is 2.26. The van der Waals surface area contributed by atoms with Gasteiger partial charge in [-0.15, -0.1) is 0 Å². The van der Waals surface area contributed by atoms with Crippen molar-refractivity contribution in [3.8, 4) is 16.9 Å². The Labute approximate surface area is 201 Å². The van der Waals surface area contributed by atoms with Crippen molar-refractivity contribution < 1.29 is 31.4 Å². The molecule has 0 N–H and O–H groups in total. The van der Waals surface area contributed by atoms with E-state index < -0.39 is 29.1 Å². The SMILES string of the molecule is CCOc1ccc(-c2ccc(COC3CCC(c4ccc(C)c(F)c4F)CC3)cc2F)c(F)c1F. The molecule has 0 aliphatic heterocycles. The van der Waals surface area contributed by atoms with Crippen molar-refractivity contribution in [1.82, 2.24) is 0 Å². The molecule has 0 atom stereocenters. The molecule has 2 nitrogen and oxygen atoms in total. The summed E-state index contributed by atoms with van der Waals surface area (Å²) in [7, 11) is 0. The maximum absolute atomic E-state index is 14.8. The fraction of sp³-hybridized carbons (Fsp3) is 0.357. The minimum absolute atomic E-state index is 0.0546. The zero-order valence-corrected chi connectivity index (χ0v) is 19.6. The second kappa shape index (κ2) is 10.8. The van der Waals surface area contributed by atoms with Crippen molar-refractivity contribution >= 4 is 0 Å². The van der Waals surface area contributed by atoms with E-state index in [2.05, 4.69) is 0 Å². The van der Waals surface area contributed by atoms with Gasteiger partial charge in [-0.3, -0.25) is 0 Å². The number of hydrogen-bond donors (Lipinski definition) is 0. The fourth-order valence-corrected chi connectivity index (χ4v) is 4.60. The Hall–Kier alpha value is -2.93. The molecule has 1 saturated carbocycles. The molecule has 4 rings (SSSR count). The van der Waals surface area contributed by atoms with E-state index in [1.165, 1.54) is 31.2 Å². The lowest BCUT2D eigenvalue weighted by Gasteiger charge is -2.29. The summed E-state index contributed by atoms with van der Waals surface area (Å²) < 4.78 is 82.6. The molecule has 0 amide bonds. The van der Waals surface area contributed by atoms with E-state index in [9.17, 15) is 22.0 Å². The predicted molar refractivity (Wildman–Crippen MR) is 124 cm³/mol. The van der Waals surface area contributed by atoms with E-state index in [1.807, 2.05) is 0 Å². The van der Waals surface area contributed by atoms with Gasteiger partial charge in [0.25, 0.3) is 0 Å². The molecule has 7 heteroatoms. The quantitative estimate of drug-likeness (QED) is 0.313. The van der Waals surface area contributed by atoms with E-state index in [0.717, 1.165) is 0 Å². The first kappa shape index (κ1) is 25.2. The predicted octanol–water partition coefficient (Wildman–Crippen LogP) is 8.00. The van der Waals surface area contributed by atoms with Crippen LogP contribution in [0.2, 0.25) is 0 Å². The van der Waals surface area contributed by atoms with Gasteiger partial charge in [-0.05, 0) is 80.3 Å². The minimum atomic E-state index is -1.17. The number of hydrogen-bond acceptors (Lipinski definition) is 2. The average molecular weight is 491 g/mol. The second-order valence-electron chi connectivity index (χ2n) is 8.87. The summed E-state index contributed by atoms with van der Waals surface area (Å²) in [5, 5.41) is 0. The van der Waals surface area contributed by atoms with Crippen LogP contribution < -0.4 is 4.74 Å². The van der Waals surface area contributed by atoms with Crippen molar-refractivity contribution in [2.75, 3.05) is 6.61 Å². The first-order chi connectivity index (χ1) is 16.8. The number of aryl methyl sites for hydroxylation is 1. The monoisotopic (exact) mass is 490 g/mol. The molecular weight excluding hydrogens is 463 g/mol. The molecule has 1 aliphatic carbocycles. The molecule has 3 aromatic carbocycles. The Morgan fingerprint density at radius 2 is 1.49 bits per heavy atom. The van der Waals surface area contributed by atoms with Crippen LogP contribution in [0.25, 0.3) is 11.1 Å². The molecule has 0 aromatic heterocycles. The molecule has 35 heavy (non-hydrogen) atoms. The topological polar surface area (TPSA) is 18.5 Å². The van der Waals surface area contributed by atoms with Crippen LogP contribution in [0.5, 0.6) is 5.75 Å². The molecule has 3 aromatic rings. The van der Waals surface area contributed by atoms with Crippen LogP contribution in [0.1, 0.15) is 55.2 Å². The van der Waals surface area contributed by atoms with Gasteiger partial charge in [0.2, 0.25) is 5.82 Å². The van der Waals surface area contributed by atoms with Crippen molar-refractivity contribution in [2.24, 2.45) is 0 Å². The number of ether oxygens (including phenoxy) is 2. The Bertz CT molecular complexity index is 1200. The summed E-state index contributed by atoms with van der Waals surface area (Å²) in [6.45, 7) is 3.53. The third-order valence-electron chi connectivity index (χ3n) is 6.58. The Balaban J connectivity index is 1.37. The van der Waals surface area contributed by atoms with Gasteiger partial charge >= 0.3 is 0 Å². The van der Waals surface area contributed by atoms with E-state index in [1.54, 1.807) is 25.1 Å². The Morgan fingerprint density at radius 3 is 2.17 bits per heavy atom. The standard InChI is InChI=1S/C28H27F5O2/c1-3-34-24-13-12-22(27(32)28(24)33)21-11-5-17(14-23(21)29)15-35-19-8-6-18(7-9-19)20-10-4-16(2)25(30)26(20)31/h4-5,10-14,18-19H,3,6-9,15H2,1-2H3. The van der Waals surface area contributed by atoms with E-state index in [-0.39, 0.29) is 47.7 Å². The second-order valence-corrected chi connectivity index (χ2v) is 8.87. The van der Waals surface area contributed by atoms with Crippen LogP contribution in [-0.2, 0) is 11.3 Å². The molecular formula is C28H27F5O2. The van der Waals surface area contributed by atoms with Gasteiger partial charge in [-0.1, -0.05) is 24.3 Å². The van der Waals surface area contributed by atoms with Gasteiger partial charge in [-0.2, -0.15) is 4.39 Å². The van der Waals surface area contributed by atoms with E-state index in [0.29, 0.717) is 36.8 Å². The fourth-order valence-electron chi connectivity index (χ4n) is 4.60. The van der Waals surface area contributed by atoms with Crippen LogP contribution >= 0.6 is 0 Å². The third-order valence-corrected chi connectivity index (χ3v) is 6.58. The largest absolute Gasteiger partial charge is 0.491 e. The lowest BCUT2D eigenvalue weighted by Crippen LogP contribution is -2.21. The first-order valence-corrected chi connectivity index (χ1v) is 11.8. The van der Waals surface area contributed by atoms with Crippen molar-refractivity contribution in [3.63, 3.8) is 0 Å². The Morgan fingerprint density at radius 1 is 0.771 bits per heavy atom. The van der Waals surface area contributed by atoms with Crippen molar-refractivity contribution in [3.05, 3.63) is 88.2 Å². The van der Waals surface area contributed by atoms with Gasteiger partial charge in [0.15, 0.2) is 23.2 Å². The van der Waals surface area contributed by atoms with Crippen LogP contribution in [-0.4, -0.2) is 12.7 Å². The summed E-state index contributed by atoms with van der Waals surface area (Å²) in [6, 6.07) is 10.1. The summed E-state index contributed by atoms with van der Waals surface area (Å²) in [4.78, 5) is 0. The maximum atomic E-state index is 14.8. The molecule has 0 unspecified atom stereocenters. The smallest absolute Gasteiger partial charge is 0.201 e. The number of halogens is 5. The van der Waals surface area contributed by atoms with E-state index >= 15 is 0 Å². The average Bonchev–Trinajstić information content (AvgIpc) is 2.85. The lowest BCUT2D eigenvalue weighted by atomic mass is 9.82. The highest BCUT2D eigenvalue weighted by Crippen LogP contribution is 2.37.